The zero-order valence-electron chi connectivity index (χ0n) is 11.0. The average molecular weight is 331 g/mol. The van der Waals surface area contributed by atoms with Gasteiger partial charge in [0.1, 0.15) is 10.5 Å². The maximum atomic E-state index is 5.40. The van der Waals surface area contributed by atoms with Crippen molar-refractivity contribution in [3.63, 3.8) is 0 Å². The van der Waals surface area contributed by atoms with Gasteiger partial charge in [-0.05, 0) is 28.8 Å². The first-order valence-electron chi connectivity index (χ1n) is 6.27. The summed E-state index contributed by atoms with van der Waals surface area (Å²) in [4.78, 5) is 8.01. The van der Waals surface area contributed by atoms with Gasteiger partial charge < -0.3 is 9.72 Å². The molecule has 0 aliphatic carbocycles. The van der Waals surface area contributed by atoms with Crippen molar-refractivity contribution in [2.45, 2.75) is 44.9 Å². The van der Waals surface area contributed by atoms with Crippen molar-refractivity contribution in [1.82, 2.24) is 9.97 Å². The van der Waals surface area contributed by atoms with Crippen LogP contribution < -0.4 is 0 Å². The molecule has 0 bridgehead atoms. The molecule has 0 amide bonds. The summed E-state index contributed by atoms with van der Waals surface area (Å²) < 4.78 is 6.97. The summed E-state index contributed by atoms with van der Waals surface area (Å²) in [6.45, 7) is 8.14. The number of halogens is 1. The minimum Gasteiger partial charge on any atom is -0.381 e. The Balaban J connectivity index is 2.44. The lowest BCUT2D eigenvalue weighted by Crippen LogP contribution is -2.21. The highest BCUT2D eigenvalue weighted by atomic mass is 79.9. The molecule has 100 valence electrons. The van der Waals surface area contributed by atoms with Gasteiger partial charge in [0, 0.05) is 30.2 Å². The minimum absolute atomic E-state index is 0.0231. The number of nitrogens with zero attached hydrogens (tertiary/aromatic N) is 1. The van der Waals surface area contributed by atoms with E-state index in [1.807, 2.05) is 0 Å². The Morgan fingerprint density at radius 1 is 1.33 bits per heavy atom. The molecule has 0 radical (unpaired) electrons. The van der Waals surface area contributed by atoms with E-state index in [0.717, 1.165) is 42.0 Å². The standard InChI is InChI=1S/C13H19BrN2OS/c1-13(2,3)10-9(14)12(18)16-11(15-10)8-4-6-17-7-5-8/h8H,4-7H2,1-3H3,(H,15,16,18). The molecule has 1 aromatic heterocycles. The SMILES string of the molecule is CC(C)(C)c1[nH]c(C2CCOCC2)nc(=S)c1Br. The van der Waals surface area contributed by atoms with E-state index in [-0.39, 0.29) is 5.41 Å². The molecule has 0 saturated carbocycles. The first kappa shape index (κ1) is 14.2. The van der Waals surface area contributed by atoms with Gasteiger partial charge in [-0.25, -0.2) is 4.98 Å². The third-order valence-electron chi connectivity index (χ3n) is 3.24. The van der Waals surface area contributed by atoms with E-state index in [1.54, 1.807) is 0 Å². The lowest BCUT2D eigenvalue weighted by Gasteiger charge is -2.25. The van der Waals surface area contributed by atoms with E-state index < -0.39 is 0 Å². The highest BCUT2D eigenvalue weighted by Gasteiger charge is 2.24. The molecule has 2 heterocycles. The summed E-state index contributed by atoms with van der Waals surface area (Å²) in [5.74, 6) is 1.45. The molecule has 2 rings (SSSR count). The van der Waals surface area contributed by atoms with Gasteiger partial charge in [0.15, 0.2) is 0 Å². The molecule has 18 heavy (non-hydrogen) atoms. The zero-order chi connectivity index (χ0) is 13.3. The van der Waals surface area contributed by atoms with Crippen LogP contribution in [-0.2, 0) is 10.2 Å². The van der Waals surface area contributed by atoms with Gasteiger partial charge in [-0.3, -0.25) is 0 Å². The second-order valence-electron chi connectivity index (χ2n) is 5.75. The van der Waals surface area contributed by atoms with Gasteiger partial charge in [0.2, 0.25) is 0 Å². The van der Waals surface area contributed by atoms with E-state index in [4.69, 9.17) is 17.0 Å². The van der Waals surface area contributed by atoms with Crippen LogP contribution in [-0.4, -0.2) is 23.2 Å². The third-order valence-corrected chi connectivity index (χ3v) is 4.57. The first-order valence-corrected chi connectivity index (χ1v) is 7.47. The quantitative estimate of drug-likeness (QED) is 0.788. The normalized spacial score (nSPS) is 18.0. The van der Waals surface area contributed by atoms with Crippen LogP contribution in [0.15, 0.2) is 4.47 Å². The highest BCUT2D eigenvalue weighted by molar-refractivity contribution is 9.10. The van der Waals surface area contributed by atoms with Gasteiger partial charge in [-0.2, -0.15) is 0 Å². The number of hydrogen-bond acceptors (Lipinski definition) is 3. The second kappa shape index (κ2) is 5.39. The van der Waals surface area contributed by atoms with E-state index in [9.17, 15) is 0 Å². The fourth-order valence-corrected chi connectivity index (χ4v) is 3.14. The van der Waals surface area contributed by atoms with Crippen molar-refractivity contribution >= 4 is 28.1 Å². The predicted octanol–water partition coefficient (Wildman–Crippen LogP) is 4.09. The molecule has 1 saturated heterocycles. The van der Waals surface area contributed by atoms with Crippen molar-refractivity contribution in [2.75, 3.05) is 13.2 Å². The number of hydrogen-bond donors (Lipinski definition) is 1. The summed E-state index contributed by atoms with van der Waals surface area (Å²) in [6, 6.07) is 0. The van der Waals surface area contributed by atoms with Gasteiger partial charge in [0.05, 0.1) is 4.47 Å². The lowest BCUT2D eigenvalue weighted by atomic mass is 9.91. The Kier molecular flexibility index (Phi) is 4.24. The summed E-state index contributed by atoms with van der Waals surface area (Å²) in [5, 5.41) is 0. The van der Waals surface area contributed by atoms with Crippen molar-refractivity contribution in [1.29, 1.82) is 0 Å². The molecule has 0 aromatic carbocycles. The number of nitrogens with one attached hydrogen (secondary N) is 1. The van der Waals surface area contributed by atoms with Crippen LogP contribution in [0, 0.1) is 4.64 Å². The molecule has 1 aliphatic heterocycles. The summed E-state index contributed by atoms with van der Waals surface area (Å²) in [5.41, 5.74) is 1.15. The molecule has 3 nitrogen and oxygen atoms in total. The average Bonchev–Trinajstić information content (AvgIpc) is 2.32. The molecule has 0 unspecified atom stereocenters. The summed E-state index contributed by atoms with van der Waals surface area (Å²) in [6.07, 6.45) is 2.03. The van der Waals surface area contributed by atoms with Crippen molar-refractivity contribution in [3.8, 4) is 0 Å². The van der Waals surface area contributed by atoms with Crippen molar-refractivity contribution < 1.29 is 4.74 Å². The fraction of sp³-hybridized carbons (Fsp3) is 0.692. The van der Waals surface area contributed by atoms with Crippen LogP contribution in [0.4, 0.5) is 0 Å². The monoisotopic (exact) mass is 330 g/mol. The maximum Gasteiger partial charge on any atom is 0.144 e. The van der Waals surface area contributed by atoms with Crippen LogP contribution in [0.25, 0.3) is 0 Å². The maximum absolute atomic E-state index is 5.40. The molecule has 1 N–H and O–H groups in total. The molecule has 1 aromatic rings. The van der Waals surface area contributed by atoms with Crippen molar-refractivity contribution in [3.05, 3.63) is 20.6 Å². The Labute approximate surface area is 121 Å². The van der Waals surface area contributed by atoms with E-state index >= 15 is 0 Å². The summed E-state index contributed by atoms with van der Waals surface area (Å²) in [7, 11) is 0. The lowest BCUT2D eigenvalue weighted by molar-refractivity contribution is 0.0834. The number of ether oxygens (including phenoxy) is 1. The molecular formula is C13H19BrN2OS. The van der Waals surface area contributed by atoms with Crippen LogP contribution >= 0.6 is 28.1 Å². The van der Waals surface area contributed by atoms with Gasteiger partial charge >= 0.3 is 0 Å². The fourth-order valence-electron chi connectivity index (χ4n) is 2.16. The molecule has 1 aliphatic rings. The number of H-pyrrole nitrogens is 1. The van der Waals surface area contributed by atoms with Gasteiger partial charge in [0.25, 0.3) is 0 Å². The van der Waals surface area contributed by atoms with E-state index in [0.29, 0.717) is 10.6 Å². The number of rotatable bonds is 1. The predicted molar refractivity (Wildman–Crippen MR) is 78.6 cm³/mol. The minimum atomic E-state index is 0.0231. The molecule has 0 atom stereocenters. The van der Waals surface area contributed by atoms with Gasteiger partial charge in [-0.15, -0.1) is 0 Å². The van der Waals surface area contributed by atoms with Gasteiger partial charge in [-0.1, -0.05) is 33.0 Å². The van der Waals surface area contributed by atoms with Crippen LogP contribution in [0.1, 0.15) is 51.0 Å². The van der Waals surface area contributed by atoms with Crippen LogP contribution in [0.2, 0.25) is 0 Å². The summed E-state index contributed by atoms with van der Waals surface area (Å²) >= 11 is 8.91. The Bertz CT molecular complexity index is 487. The Morgan fingerprint density at radius 2 is 1.94 bits per heavy atom. The van der Waals surface area contributed by atoms with E-state index in [2.05, 4.69) is 46.7 Å². The third kappa shape index (κ3) is 3.00. The van der Waals surface area contributed by atoms with Crippen LogP contribution in [0.3, 0.4) is 0 Å². The second-order valence-corrected chi connectivity index (χ2v) is 6.93. The molecular weight excluding hydrogens is 312 g/mol. The highest BCUT2D eigenvalue weighted by Crippen LogP contribution is 2.31. The molecule has 0 spiro atoms. The Hall–Kier alpha value is -0.260. The topological polar surface area (TPSA) is 37.9 Å². The molecule has 1 fully saturated rings. The number of aromatic amines is 1. The van der Waals surface area contributed by atoms with E-state index in [1.165, 1.54) is 0 Å². The molecule has 5 heteroatoms. The number of aromatic nitrogens is 2. The zero-order valence-corrected chi connectivity index (χ0v) is 13.4. The van der Waals surface area contributed by atoms with Crippen molar-refractivity contribution in [2.24, 2.45) is 0 Å². The smallest absolute Gasteiger partial charge is 0.144 e. The Morgan fingerprint density at radius 3 is 2.50 bits per heavy atom. The first-order chi connectivity index (χ1) is 8.39. The largest absolute Gasteiger partial charge is 0.381 e. The van der Waals surface area contributed by atoms with Crippen LogP contribution in [0.5, 0.6) is 0 Å².